The molecule has 33 heavy (non-hydrogen) atoms. The van der Waals surface area contributed by atoms with Crippen LogP contribution in [0.25, 0.3) is 0 Å². The Bertz CT molecular complexity index is 1160. The van der Waals surface area contributed by atoms with E-state index in [0.717, 1.165) is 21.0 Å². The average Bonchev–Trinajstić information content (AvgIpc) is 2.83. The summed E-state index contributed by atoms with van der Waals surface area (Å²) in [5.41, 5.74) is -0.192. The number of benzene rings is 3. The van der Waals surface area contributed by atoms with Crippen molar-refractivity contribution in [2.75, 3.05) is 30.3 Å². The van der Waals surface area contributed by atoms with E-state index in [-0.39, 0.29) is 10.6 Å². The third-order valence-electron chi connectivity index (χ3n) is 4.71. The average molecular weight is 489 g/mol. The van der Waals surface area contributed by atoms with Gasteiger partial charge in [0.25, 0.3) is 10.0 Å². The monoisotopic (exact) mass is 488 g/mol. The van der Waals surface area contributed by atoms with E-state index in [0.29, 0.717) is 18.7 Å². The van der Waals surface area contributed by atoms with Gasteiger partial charge in [-0.15, -0.1) is 11.8 Å². The lowest BCUT2D eigenvalue weighted by Crippen LogP contribution is -2.41. The van der Waals surface area contributed by atoms with Crippen molar-refractivity contribution in [2.45, 2.75) is 16.2 Å². The van der Waals surface area contributed by atoms with Gasteiger partial charge in [0.2, 0.25) is 5.91 Å². The number of ether oxygens (including phenoxy) is 1. The molecule has 0 aliphatic carbocycles. The first kappa shape index (κ1) is 24.6. The molecule has 1 amide bonds. The molecule has 0 aliphatic rings. The number of halogens is 1. The fourth-order valence-electron chi connectivity index (χ4n) is 3.02. The maximum Gasteiger partial charge on any atom is 0.264 e. The molecule has 3 rings (SSSR count). The van der Waals surface area contributed by atoms with Crippen LogP contribution in [0.1, 0.15) is 6.42 Å². The van der Waals surface area contributed by atoms with Crippen LogP contribution in [-0.4, -0.2) is 40.3 Å². The molecule has 0 atom stereocenters. The Morgan fingerprint density at radius 3 is 2.33 bits per heavy atom. The van der Waals surface area contributed by atoms with Gasteiger partial charge < -0.3 is 10.1 Å². The third-order valence-corrected chi connectivity index (χ3v) is 7.58. The molecule has 0 aromatic heterocycles. The van der Waals surface area contributed by atoms with Crippen LogP contribution in [0, 0.1) is 5.82 Å². The number of para-hydroxylation sites is 1. The van der Waals surface area contributed by atoms with Crippen molar-refractivity contribution in [2.24, 2.45) is 0 Å². The van der Waals surface area contributed by atoms with Gasteiger partial charge in [-0.05, 0) is 60.7 Å². The van der Waals surface area contributed by atoms with E-state index in [1.165, 1.54) is 49.6 Å². The summed E-state index contributed by atoms with van der Waals surface area (Å²) in [4.78, 5) is 13.7. The SMILES string of the molecule is COc1ccc(S(=O)(=O)N(CC(=O)NCCCSc2ccccc2)c2ccccc2F)cc1. The van der Waals surface area contributed by atoms with Crippen LogP contribution in [0.4, 0.5) is 10.1 Å². The van der Waals surface area contributed by atoms with Gasteiger partial charge in [-0.25, -0.2) is 12.8 Å². The van der Waals surface area contributed by atoms with Crippen LogP contribution in [-0.2, 0) is 14.8 Å². The van der Waals surface area contributed by atoms with Gasteiger partial charge >= 0.3 is 0 Å². The molecular weight excluding hydrogens is 463 g/mol. The maximum absolute atomic E-state index is 14.5. The maximum atomic E-state index is 14.5. The number of nitrogens with one attached hydrogen (secondary N) is 1. The lowest BCUT2D eigenvalue weighted by Gasteiger charge is -2.24. The summed E-state index contributed by atoms with van der Waals surface area (Å²) in [6.45, 7) is -0.159. The van der Waals surface area contributed by atoms with Gasteiger partial charge in [-0.3, -0.25) is 9.10 Å². The van der Waals surface area contributed by atoms with E-state index in [9.17, 15) is 17.6 Å². The molecule has 3 aromatic carbocycles. The highest BCUT2D eigenvalue weighted by molar-refractivity contribution is 7.99. The molecule has 1 N–H and O–H groups in total. The van der Waals surface area contributed by atoms with Crippen LogP contribution in [0.15, 0.2) is 88.7 Å². The van der Waals surface area contributed by atoms with E-state index in [1.807, 2.05) is 30.3 Å². The van der Waals surface area contributed by atoms with Crippen molar-refractivity contribution >= 4 is 33.4 Å². The minimum Gasteiger partial charge on any atom is -0.497 e. The summed E-state index contributed by atoms with van der Waals surface area (Å²) < 4.78 is 46.9. The Morgan fingerprint density at radius 1 is 1.00 bits per heavy atom. The second kappa shape index (κ2) is 11.7. The largest absolute Gasteiger partial charge is 0.497 e. The highest BCUT2D eigenvalue weighted by Crippen LogP contribution is 2.27. The zero-order chi connectivity index (χ0) is 23.7. The zero-order valence-corrected chi connectivity index (χ0v) is 19.7. The van der Waals surface area contributed by atoms with Crippen LogP contribution < -0.4 is 14.4 Å². The second-order valence-corrected chi connectivity index (χ2v) is 10.0. The van der Waals surface area contributed by atoms with Crippen molar-refractivity contribution in [1.29, 1.82) is 0 Å². The molecule has 0 saturated heterocycles. The molecule has 9 heteroatoms. The van der Waals surface area contributed by atoms with Gasteiger partial charge in [0.1, 0.15) is 18.1 Å². The number of amides is 1. The number of hydrogen-bond acceptors (Lipinski definition) is 5. The number of thioether (sulfide) groups is 1. The van der Waals surface area contributed by atoms with E-state index < -0.39 is 28.3 Å². The smallest absolute Gasteiger partial charge is 0.264 e. The Morgan fingerprint density at radius 2 is 1.67 bits per heavy atom. The van der Waals surface area contributed by atoms with Gasteiger partial charge in [-0.2, -0.15) is 0 Å². The normalized spacial score (nSPS) is 11.1. The molecule has 0 bridgehead atoms. The van der Waals surface area contributed by atoms with E-state index in [4.69, 9.17) is 4.74 Å². The van der Waals surface area contributed by atoms with Gasteiger partial charge in [0.05, 0.1) is 17.7 Å². The number of nitrogens with zero attached hydrogens (tertiary/aromatic N) is 1. The number of carbonyl (C=O) groups is 1. The van der Waals surface area contributed by atoms with Crippen LogP contribution in [0.5, 0.6) is 5.75 Å². The third kappa shape index (κ3) is 6.72. The topological polar surface area (TPSA) is 75.7 Å². The van der Waals surface area contributed by atoms with Crippen molar-refractivity contribution < 1.29 is 22.3 Å². The molecule has 3 aromatic rings. The van der Waals surface area contributed by atoms with Crippen molar-refractivity contribution in [3.05, 3.63) is 84.7 Å². The summed E-state index contributed by atoms with van der Waals surface area (Å²) in [7, 11) is -2.73. The van der Waals surface area contributed by atoms with Gasteiger partial charge in [-0.1, -0.05) is 30.3 Å². The molecule has 0 heterocycles. The summed E-state index contributed by atoms with van der Waals surface area (Å²) in [6.07, 6.45) is 0.705. The van der Waals surface area contributed by atoms with Crippen LogP contribution in [0.3, 0.4) is 0 Å². The molecule has 0 spiro atoms. The summed E-state index contributed by atoms with van der Waals surface area (Å²) in [5.74, 6) is 0.0325. The van der Waals surface area contributed by atoms with Crippen LogP contribution >= 0.6 is 11.8 Å². The molecule has 174 valence electrons. The van der Waals surface area contributed by atoms with Gasteiger partial charge in [0.15, 0.2) is 0 Å². The minimum atomic E-state index is -4.20. The molecule has 0 radical (unpaired) electrons. The lowest BCUT2D eigenvalue weighted by molar-refractivity contribution is -0.119. The van der Waals surface area contributed by atoms with Gasteiger partial charge in [0, 0.05) is 11.4 Å². The first-order valence-electron chi connectivity index (χ1n) is 10.3. The molecule has 0 fully saturated rings. The highest BCUT2D eigenvalue weighted by atomic mass is 32.2. The quantitative estimate of drug-likeness (QED) is 0.321. The fourth-order valence-corrected chi connectivity index (χ4v) is 5.32. The molecule has 0 aliphatic heterocycles. The molecule has 6 nitrogen and oxygen atoms in total. The number of hydrogen-bond donors (Lipinski definition) is 1. The Labute approximate surface area is 197 Å². The number of rotatable bonds is 11. The number of carbonyl (C=O) groups excluding carboxylic acids is 1. The molecular formula is C24H25FN2O4S2. The van der Waals surface area contributed by atoms with Crippen molar-refractivity contribution in [1.82, 2.24) is 5.32 Å². The Balaban J connectivity index is 1.68. The first-order valence-corrected chi connectivity index (χ1v) is 12.7. The number of methoxy groups -OCH3 is 1. The Hall–Kier alpha value is -3.04. The molecule has 0 unspecified atom stereocenters. The minimum absolute atomic E-state index is 0.0707. The summed E-state index contributed by atoms with van der Waals surface area (Å²) in [5, 5.41) is 2.73. The first-order chi connectivity index (χ1) is 15.9. The predicted molar refractivity (Wildman–Crippen MR) is 129 cm³/mol. The predicted octanol–water partition coefficient (Wildman–Crippen LogP) is 4.33. The fraction of sp³-hybridized carbons (Fsp3) is 0.208. The Kier molecular flexibility index (Phi) is 8.73. The molecule has 0 saturated carbocycles. The van der Waals surface area contributed by atoms with Crippen LogP contribution in [0.2, 0.25) is 0 Å². The van der Waals surface area contributed by atoms with E-state index in [1.54, 1.807) is 11.8 Å². The van der Waals surface area contributed by atoms with E-state index in [2.05, 4.69) is 5.32 Å². The standard InChI is InChI=1S/C24H25FN2O4S2/c1-31-19-12-14-21(15-13-19)33(29,30)27(23-11-6-5-10-22(23)25)18-24(28)26-16-7-17-32-20-8-3-2-4-9-20/h2-6,8-15H,7,16-18H2,1H3,(H,26,28). The summed E-state index contributed by atoms with van der Waals surface area (Å²) >= 11 is 1.67. The lowest BCUT2D eigenvalue weighted by atomic mass is 10.3. The zero-order valence-electron chi connectivity index (χ0n) is 18.1. The van der Waals surface area contributed by atoms with Crippen molar-refractivity contribution in [3.8, 4) is 5.75 Å². The second-order valence-electron chi connectivity index (χ2n) is 7.00. The highest BCUT2D eigenvalue weighted by Gasteiger charge is 2.29. The summed E-state index contributed by atoms with van der Waals surface area (Å²) in [6, 6.07) is 21.1. The number of anilines is 1. The van der Waals surface area contributed by atoms with E-state index >= 15 is 0 Å². The van der Waals surface area contributed by atoms with Crippen molar-refractivity contribution in [3.63, 3.8) is 0 Å². The number of sulfonamides is 1.